The Balaban J connectivity index is 1.59. The second-order valence-electron chi connectivity index (χ2n) is 7.03. The van der Waals surface area contributed by atoms with E-state index in [9.17, 15) is 9.59 Å². The molecule has 0 unspecified atom stereocenters. The molecule has 3 rings (SSSR count). The van der Waals surface area contributed by atoms with Crippen molar-refractivity contribution >= 4 is 11.8 Å². The number of hydrogen-bond donors (Lipinski definition) is 1. The molecule has 2 aliphatic heterocycles. The van der Waals surface area contributed by atoms with Crippen molar-refractivity contribution in [1.82, 2.24) is 9.80 Å². The van der Waals surface area contributed by atoms with Crippen LogP contribution in [0.5, 0.6) is 0 Å². The van der Waals surface area contributed by atoms with Crippen LogP contribution < -0.4 is 0 Å². The number of hydrogen-bond acceptors (Lipinski definition) is 5. The first-order valence-electron chi connectivity index (χ1n) is 8.82. The number of piperidine rings is 2. The number of carbonyl (C=O) groups excluding carboxylic acids is 2. The predicted molar refractivity (Wildman–Crippen MR) is 89.9 cm³/mol. The van der Waals surface area contributed by atoms with Gasteiger partial charge in [-0.05, 0) is 36.8 Å². The van der Waals surface area contributed by atoms with Crippen LogP contribution in [0.15, 0.2) is 16.5 Å². The number of aliphatic hydroxyl groups excluding tert-OH is 1. The lowest BCUT2D eigenvalue weighted by Gasteiger charge is -2.47. The first-order chi connectivity index (χ1) is 12.1. The maximum atomic E-state index is 12.6. The van der Waals surface area contributed by atoms with Crippen molar-refractivity contribution in [1.29, 1.82) is 0 Å². The molecule has 1 aromatic heterocycles. The summed E-state index contributed by atoms with van der Waals surface area (Å²) in [5, 5.41) is 9.14. The summed E-state index contributed by atoms with van der Waals surface area (Å²) in [5.74, 6) is 1.03. The van der Waals surface area contributed by atoms with E-state index in [1.54, 1.807) is 24.1 Å². The zero-order valence-corrected chi connectivity index (χ0v) is 14.7. The van der Waals surface area contributed by atoms with Gasteiger partial charge in [0.25, 0.3) is 5.91 Å². The number of carbonyl (C=O) groups is 2. The first kappa shape index (κ1) is 17.9. The Hall–Kier alpha value is -1.86. The van der Waals surface area contributed by atoms with Crippen LogP contribution in [-0.4, -0.2) is 66.6 Å². The number of furan rings is 1. The first-order valence-corrected chi connectivity index (χ1v) is 8.82. The van der Waals surface area contributed by atoms with Crippen molar-refractivity contribution in [3.63, 3.8) is 0 Å². The van der Waals surface area contributed by atoms with E-state index < -0.39 is 0 Å². The molecule has 1 spiro atoms. The van der Waals surface area contributed by atoms with Crippen LogP contribution in [-0.2, 0) is 16.1 Å². The lowest BCUT2D eigenvalue weighted by Crippen LogP contribution is -2.52. The number of methoxy groups -OCH3 is 1. The fraction of sp³-hybridized carbons (Fsp3) is 0.667. The van der Waals surface area contributed by atoms with Gasteiger partial charge in [-0.25, -0.2) is 0 Å². The van der Waals surface area contributed by atoms with Gasteiger partial charge in [0.1, 0.15) is 12.4 Å². The highest BCUT2D eigenvalue weighted by Gasteiger charge is 2.41. The molecule has 7 heteroatoms. The Kier molecular flexibility index (Phi) is 5.44. The third-order valence-corrected chi connectivity index (χ3v) is 5.39. The van der Waals surface area contributed by atoms with Gasteiger partial charge in [0.05, 0.1) is 6.61 Å². The molecule has 138 valence electrons. The Morgan fingerprint density at radius 2 is 2.08 bits per heavy atom. The van der Waals surface area contributed by atoms with E-state index in [1.165, 1.54) is 0 Å². The fourth-order valence-corrected chi connectivity index (χ4v) is 3.89. The minimum Gasteiger partial charge on any atom is -0.453 e. The van der Waals surface area contributed by atoms with Gasteiger partial charge in [0.15, 0.2) is 5.76 Å². The number of rotatable bonds is 5. The minimum absolute atomic E-state index is 0.00523. The van der Waals surface area contributed by atoms with E-state index in [0.717, 1.165) is 19.3 Å². The van der Waals surface area contributed by atoms with Crippen molar-refractivity contribution < 1.29 is 23.8 Å². The Labute approximate surface area is 147 Å². The molecule has 0 radical (unpaired) electrons. The third-order valence-electron chi connectivity index (χ3n) is 5.39. The van der Waals surface area contributed by atoms with Gasteiger partial charge >= 0.3 is 0 Å². The predicted octanol–water partition coefficient (Wildman–Crippen LogP) is 1.26. The van der Waals surface area contributed by atoms with Crippen LogP contribution in [0.2, 0.25) is 0 Å². The van der Waals surface area contributed by atoms with Gasteiger partial charge in [-0.2, -0.15) is 0 Å². The Bertz CT molecular complexity index is 619. The van der Waals surface area contributed by atoms with Crippen molar-refractivity contribution in [2.75, 3.05) is 39.9 Å². The normalized spacial score (nSPS) is 20.3. The van der Waals surface area contributed by atoms with Crippen molar-refractivity contribution in [3.8, 4) is 0 Å². The molecule has 2 fully saturated rings. The van der Waals surface area contributed by atoms with Crippen molar-refractivity contribution in [3.05, 3.63) is 23.7 Å². The quantitative estimate of drug-likeness (QED) is 0.864. The summed E-state index contributed by atoms with van der Waals surface area (Å²) in [5.41, 5.74) is 0.0736. The molecule has 25 heavy (non-hydrogen) atoms. The molecular formula is C18H26N2O5. The molecule has 2 saturated heterocycles. The van der Waals surface area contributed by atoms with Crippen LogP contribution >= 0.6 is 0 Å². The van der Waals surface area contributed by atoms with E-state index in [-0.39, 0.29) is 23.8 Å². The number of nitrogens with zero attached hydrogens (tertiary/aromatic N) is 2. The lowest BCUT2D eigenvalue weighted by atomic mass is 9.72. The highest BCUT2D eigenvalue weighted by Crippen LogP contribution is 2.40. The van der Waals surface area contributed by atoms with Gasteiger partial charge in [-0.3, -0.25) is 9.59 Å². The molecule has 3 heterocycles. The summed E-state index contributed by atoms with van der Waals surface area (Å²) in [4.78, 5) is 28.1. The lowest BCUT2D eigenvalue weighted by molar-refractivity contribution is -0.139. The van der Waals surface area contributed by atoms with E-state index in [0.29, 0.717) is 50.7 Å². The second-order valence-corrected chi connectivity index (χ2v) is 7.03. The molecule has 1 N–H and O–H groups in total. The average molecular weight is 350 g/mol. The van der Waals surface area contributed by atoms with Gasteiger partial charge in [0.2, 0.25) is 5.91 Å². The molecule has 0 bridgehead atoms. The maximum Gasteiger partial charge on any atom is 0.289 e. The fourth-order valence-electron chi connectivity index (χ4n) is 3.89. The highest BCUT2D eigenvalue weighted by atomic mass is 16.5. The van der Waals surface area contributed by atoms with Crippen molar-refractivity contribution in [2.24, 2.45) is 5.41 Å². The molecule has 0 aromatic carbocycles. The molecular weight excluding hydrogens is 324 g/mol. The molecule has 1 aromatic rings. The monoisotopic (exact) mass is 350 g/mol. The standard InChI is InChI=1S/C18H26N2O5/c1-24-12-14-2-3-15(25-14)17(23)19-8-6-18(7-9-19)5-4-16(22)20(13-18)10-11-21/h2-3,21H,4-13H2,1H3. The molecule has 2 aliphatic rings. The van der Waals surface area contributed by atoms with Crippen LogP contribution in [0.3, 0.4) is 0 Å². The third kappa shape index (κ3) is 3.88. The number of β-amino-alcohol motifs (C(OH)–C–C–N with tert-alkyl or cyclic N) is 1. The molecule has 0 aliphatic carbocycles. The van der Waals surface area contributed by atoms with E-state index in [1.807, 2.05) is 4.90 Å². The van der Waals surface area contributed by atoms with Crippen LogP contribution in [0, 0.1) is 5.41 Å². The van der Waals surface area contributed by atoms with Gasteiger partial charge in [-0.15, -0.1) is 0 Å². The molecule has 0 saturated carbocycles. The number of amides is 2. The van der Waals surface area contributed by atoms with Gasteiger partial charge in [0, 0.05) is 39.7 Å². The number of likely N-dealkylation sites (tertiary alicyclic amines) is 2. The number of ether oxygens (including phenoxy) is 1. The van der Waals surface area contributed by atoms with Gasteiger partial charge in [-0.1, -0.05) is 0 Å². The highest BCUT2D eigenvalue weighted by molar-refractivity contribution is 5.91. The SMILES string of the molecule is COCc1ccc(C(=O)N2CCC3(CCC(=O)N(CCO)C3)CC2)o1. The number of aliphatic hydroxyl groups is 1. The van der Waals surface area contributed by atoms with Gasteiger partial charge < -0.3 is 24.1 Å². The molecule has 7 nitrogen and oxygen atoms in total. The zero-order valence-electron chi connectivity index (χ0n) is 14.7. The summed E-state index contributed by atoms with van der Waals surface area (Å²) in [7, 11) is 1.59. The average Bonchev–Trinajstić information content (AvgIpc) is 3.08. The summed E-state index contributed by atoms with van der Waals surface area (Å²) in [6.07, 6.45) is 3.15. The van der Waals surface area contributed by atoms with E-state index in [4.69, 9.17) is 14.3 Å². The topological polar surface area (TPSA) is 83.2 Å². The summed E-state index contributed by atoms with van der Waals surface area (Å²) in [6.45, 7) is 2.77. The molecule has 2 amide bonds. The second kappa shape index (κ2) is 7.58. The summed E-state index contributed by atoms with van der Waals surface area (Å²) in [6, 6.07) is 3.46. The summed E-state index contributed by atoms with van der Waals surface area (Å²) >= 11 is 0. The van der Waals surface area contributed by atoms with Crippen LogP contribution in [0.1, 0.15) is 42.0 Å². The summed E-state index contributed by atoms with van der Waals surface area (Å²) < 4.78 is 10.6. The van der Waals surface area contributed by atoms with Crippen molar-refractivity contribution in [2.45, 2.75) is 32.3 Å². The van der Waals surface area contributed by atoms with E-state index in [2.05, 4.69) is 0 Å². The van der Waals surface area contributed by atoms with Crippen LogP contribution in [0.25, 0.3) is 0 Å². The van der Waals surface area contributed by atoms with E-state index >= 15 is 0 Å². The zero-order chi connectivity index (χ0) is 17.9. The minimum atomic E-state index is -0.0868. The smallest absolute Gasteiger partial charge is 0.289 e. The maximum absolute atomic E-state index is 12.6. The van der Waals surface area contributed by atoms with Crippen LogP contribution in [0.4, 0.5) is 0 Å². The largest absolute Gasteiger partial charge is 0.453 e. The Morgan fingerprint density at radius 1 is 1.32 bits per heavy atom. The Morgan fingerprint density at radius 3 is 2.76 bits per heavy atom. The molecule has 0 atom stereocenters.